The lowest BCUT2D eigenvalue weighted by Gasteiger charge is -2.34. The molecule has 0 saturated heterocycles. The average molecular weight is 646 g/mol. The number of hydrogen-bond acceptors (Lipinski definition) is 4. The van der Waals surface area contributed by atoms with Gasteiger partial charge in [0.1, 0.15) is 12.6 Å². The van der Waals surface area contributed by atoms with E-state index < -0.39 is 28.5 Å². The van der Waals surface area contributed by atoms with Gasteiger partial charge in [0, 0.05) is 24.0 Å². The van der Waals surface area contributed by atoms with Crippen molar-refractivity contribution in [1.29, 1.82) is 0 Å². The summed E-state index contributed by atoms with van der Waals surface area (Å²) < 4.78 is 29.5. The number of carbonyl (C=O) groups excluding carboxylic acids is 2. The lowest BCUT2D eigenvalue weighted by Crippen LogP contribution is -2.54. The van der Waals surface area contributed by atoms with E-state index in [9.17, 15) is 18.0 Å². The Kier molecular flexibility index (Phi) is 11.4. The van der Waals surface area contributed by atoms with E-state index >= 15 is 0 Å². The Balaban J connectivity index is 1.81. The van der Waals surface area contributed by atoms with Gasteiger partial charge >= 0.3 is 0 Å². The first-order valence-electron chi connectivity index (χ1n) is 15.0. The van der Waals surface area contributed by atoms with Crippen molar-refractivity contribution in [1.82, 2.24) is 10.2 Å². The Morgan fingerprint density at radius 2 is 1.44 bits per heavy atom. The highest BCUT2D eigenvalue weighted by atomic mass is 35.5. The summed E-state index contributed by atoms with van der Waals surface area (Å²) in [5.41, 5.74) is 3.63. The van der Waals surface area contributed by atoms with Gasteiger partial charge in [-0.3, -0.25) is 13.9 Å². The van der Waals surface area contributed by atoms with Crippen LogP contribution in [0.3, 0.4) is 0 Å². The fourth-order valence-electron chi connectivity index (χ4n) is 4.98. The molecule has 1 N–H and O–H groups in total. The maximum absolute atomic E-state index is 14.5. The van der Waals surface area contributed by atoms with Crippen LogP contribution in [0, 0.1) is 13.8 Å². The smallest absolute Gasteiger partial charge is 0.264 e. The Morgan fingerprint density at radius 1 is 0.822 bits per heavy atom. The topological polar surface area (TPSA) is 86.8 Å². The highest BCUT2D eigenvalue weighted by molar-refractivity contribution is 7.92. The molecule has 45 heavy (non-hydrogen) atoms. The number of carbonyl (C=O) groups is 2. The summed E-state index contributed by atoms with van der Waals surface area (Å²) in [6, 6.07) is 29.1. The van der Waals surface area contributed by atoms with Gasteiger partial charge in [-0.2, -0.15) is 0 Å². The quantitative estimate of drug-likeness (QED) is 0.175. The third kappa shape index (κ3) is 8.74. The molecule has 9 heteroatoms. The van der Waals surface area contributed by atoms with Gasteiger partial charge in [0.15, 0.2) is 0 Å². The molecule has 0 radical (unpaired) electrons. The maximum Gasteiger partial charge on any atom is 0.264 e. The van der Waals surface area contributed by atoms with E-state index in [1.807, 2.05) is 57.2 Å². The zero-order chi connectivity index (χ0) is 32.6. The molecule has 4 aromatic carbocycles. The molecule has 2 atom stereocenters. The molecule has 0 saturated carbocycles. The molecule has 4 rings (SSSR count). The highest BCUT2D eigenvalue weighted by Gasteiger charge is 2.35. The number of nitrogens with one attached hydrogen (secondary N) is 1. The van der Waals surface area contributed by atoms with Crippen LogP contribution in [0.2, 0.25) is 5.02 Å². The number of sulfonamides is 1. The standard InChI is InChI=1S/C36H40ClN3O4S/c1-5-28(4)38-36(42)34(23-29-12-7-6-8-13-29)39(24-30-17-19-31(37)20-18-30)35(41)25-40(33-14-10-9-11-27(33)3)45(43,44)32-21-15-26(2)16-22-32/h6-22,28,34H,5,23-25H2,1-4H3,(H,38,42)/t28-,34+/m0/s1. The number of amides is 2. The van der Waals surface area contributed by atoms with Crippen LogP contribution in [0.4, 0.5) is 5.69 Å². The predicted molar refractivity (Wildman–Crippen MR) is 181 cm³/mol. The summed E-state index contributed by atoms with van der Waals surface area (Å²) in [7, 11) is -4.16. The lowest BCUT2D eigenvalue weighted by molar-refractivity contribution is -0.140. The van der Waals surface area contributed by atoms with Gasteiger partial charge in [0.05, 0.1) is 10.6 Å². The molecule has 0 bridgehead atoms. The molecule has 236 valence electrons. The van der Waals surface area contributed by atoms with Gasteiger partial charge in [0.25, 0.3) is 10.0 Å². The van der Waals surface area contributed by atoms with Crippen molar-refractivity contribution in [2.24, 2.45) is 0 Å². The maximum atomic E-state index is 14.5. The summed E-state index contributed by atoms with van der Waals surface area (Å²) in [5.74, 6) is -0.816. The summed E-state index contributed by atoms with van der Waals surface area (Å²) in [5, 5.41) is 3.59. The first kappa shape index (κ1) is 33.7. The van der Waals surface area contributed by atoms with E-state index in [4.69, 9.17) is 11.6 Å². The van der Waals surface area contributed by atoms with E-state index in [0.29, 0.717) is 22.7 Å². The van der Waals surface area contributed by atoms with Crippen LogP contribution in [-0.4, -0.2) is 43.8 Å². The van der Waals surface area contributed by atoms with Crippen LogP contribution < -0.4 is 9.62 Å². The third-order valence-electron chi connectivity index (χ3n) is 7.81. The van der Waals surface area contributed by atoms with Crippen LogP contribution >= 0.6 is 11.6 Å². The molecule has 0 aromatic heterocycles. The zero-order valence-corrected chi connectivity index (χ0v) is 27.7. The van der Waals surface area contributed by atoms with Crippen LogP contribution in [-0.2, 0) is 32.6 Å². The Morgan fingerprint density at radius 3 is 2.07 bits per heavy atom. The number of benzene rings is 4. The molecule has 4 aromatic rings. The largest absolute Gasteiger partial charge is 0.352 e. The van der Waals surface area contributed by atoms with Crippen molar-refractivity contribution in [3.8, 4) is 0 Å². The minimum Gasteiger partial charge on any atom is -0.352 e. The second-order valence-electron chi connectivity index (χ2n) is 11.3. The number of nitrogens with zero attached hydrogens (tertiary/aromatic N) is 2. The number of halogens is 1. The number of para-hydroxylation sites is 1. The number of rotatable bonds is 13. The molecule has 0 aliphatic carbocycles. The number of anilines is 1. The fourth-order valence-corrected chi connectivity index (χ4v) is 6.58. The second kappa shape index (κ2) is 15.2. The molecule has 0 unspecified atom stereocenters. The Labute approximate surface area is 271 Å². The van der Waals surface area contributed by atoms with Gasteiger partial charge in [-0.05, 0) is 74.2 Å². The van der Waals surface area contributed by atoms with Crippen molar-refractivity contribution in [3.63, 3.8) is 0 Å². The fraction of sp³-hybridized carbons (Fsp3) is 0.278. The number of hydrogen-bond donors (Lipinski definition) is 1. The molecular formula is C36H40ClN3O4S. The summed E-state index contributed by atoms with van der Waals surface area (Å²) in [4.78, 5) is 30.0. The summed E-state index contributed by atoms with van der Waals surface area (Å²) >= 11 is 6.16. The van der Waals surface area contributed by atoms with Crippen molar-refractivity contribution in [3.05, 3.63) is 130 Å². The monoisotopic (exact) mass is 645 g/mol. The lowest BCUT2D eigenvalue weighted by atomic mass is 10.0. The predicted octanol–water partition coefficient (Wildman–Crippen LogP) is 6.71. The van der Waals surface area contributed by atoms with Gasteiger partial charge in [0.2, 0.25) is 11.8 Å². The van der Waals surface area contributed by atoms with Gasteiger partial charge in [-0.1, -0.05) is 96.9 Å². The highest BCUT2D eigenvalue weighted by Crippen LogP contribution is 2.28. The van der Waals surface area contributed by atoms with Crippen LogP contribution in [0.5, 0.6) is 0 Å². The van der Waals surface area contributed by atoms with E-state index in [0.717, 1.165) is 21.0 Å². The Hall–Kier alpha value is -4.14. The van der Waals surface area contributed by atoms with E-state index in [1.54, 1.807) is 73.7 Å². The molecule has 0 spiro atoms. The van der Waals surface area contributed by atoms with Crippen molar-refractivity contribution < 1.29 is 18.0 Å². The van der Waals surface area contributed by atoms with Crippen LogP contribution in [0.25, 0.3) is 0 Å². The summed E-state index contributed by atoms with van der Waals surface area (Å²) in [6.45, 7) is 7.15. The Bertz CT molecular complexity index is 1690. The van der Waals surface area contributed by atoms with Gasteiger partial charge in [-0.25, -0.2) is 8.42 Å². The first-order chi connectivity index (χ1) is 21.5. The van der Waals surface area contributed by atoms with Crippen molar-refractivity contribution >= 4 is 39.1 Å². The van der Waals surface area contributed by atoms with Crippen molar-refractivity contribution in [2.75, 3.05) is 10.8 Å². The second-order valence-corrected chi connectivity index (χ2v) is 13.6. The van der Waals surface area contributed by atoms with Crippen LogP contribution in [0.15, 0.2) is 108 Å². The molecule has 0 fully saturated rings. The van der Waals surface area contributed by atoms with Gasteiger partial charge in [-0.15, -0.1) is 0 Å². The molecular weight excluding hydrogens is 606 g/mol. The minimum absolute atomic E-state index is 0.0729. The molecule has 7 nitrogen and oxygen atoms in total. The van der Waals surface area contributed by atoms with Crippen LogP contribution in [0.1, 0.15) is 42.5 Å². The summed E-state index contributed by atoms with van der Waals surface area (Å²) in [6.07, 6.45) is 0.961. The SMILES string of the molecule is CC[C@H](C)NC(=O)[C@@H](Cc1ccccc1)N(Cc1ccc(Cl)cc1)C(=O)CN(c1ccccc1C)S(=O)(=O)c1ccc(C)cc1. The molecule has 0 heterocycles. The minimum atomic E-state index is -4.16. The van der Waals surface area contributed by atoms with E-state index in [1.165, 1.54) is 4.90 Å². The first-order valence-corrected chi connectivity index (χ1v) is 16.8. The number of aryl methyl sites for hydroxylation is 2. The zero-order valence-electron chi connectivity index (χ0n) is 26.1. The molecule has 2 amide bonds. The third-order valence-corrected chi connectivity index (χ3v) is 9.84. The van der Waals surface area contributed by atoms with Gasteiger partial charge < -0.3 is 10.2 Å². The van der Waals surface area contributed by atoms with E-state index in [-0.39, 0.29) is 29.8 Å². The van der Waals surface area contributed by atoms with E-state index in [2.05, 4.69) is 5.32 Å². The average Bonchev–Trinajstić information content (AvgIpc) is 3.03. The molecule has 0 aliphatic rings. The normalized spacial score (nSPS) is 12.6. The van der Waals surface area contributed by atoms with Crippen molar-refractivity contribution in [2.45, 2.75) is 64.1 Å². The molecule has 0 aliphatic heterocycles.